The number of carbonyl (C=O) groups is 1. The van der Waals surface area contributed by atoms with Crippen molar-refractivity contribution in [2.75, 3.05) is 0 Å². The van der Waals surface area contributed by atoms with E-state index in [-0.39, 0.29) is 17.9 Å². The number of aromatic hydroxyl groups is 1. The van der Waals surface area contributed by atoms with Crippen molar-refractivity contribution < 1.29 is 9.90 Å². The molecule has 0 fully saturated rings. The number of carbonyl (C=O) groups excluding carboxylic acids is 1. The van der Waals surface area contributed by atoms with Crippen molar-refractivity contribution in [3.63, 3.8) is 0 Å². The van der Waals surface area contributed by atoms with Crippen LogP contribution in [0.5, 0.6) is 5.75 Å². The molecule has 1 amide bonds. The van der Waals surface area contributed by atoms with Gasteiger partial charge < -0.3 is 5.11 Å². The Bertz CT molecular complexity index is 1410. The number of nitrogens with one attached hydrogen (secondary N) is 1. The Kier molecular flexibility index (Phi) is 5.81. The van der Waals surface area contributed by atoms with E-state index in [1.54, 1.807) is 30.3 Å². The van der Waals surface area contributed by atoms with E-state index in [1.807, 2.05) is 44.2 Å². The summed E-state index contributed by atoms with van der Waals surface area (Å²) in [7, 11) is 0. The minimum absolute atomic E-state index is 0.0518. The fraction of sp³-hybridized carbons (Fsp3) is 0.120. The van der Waals surface area contributed by atoms with Gasteiger partial charge in [0.25, 0.3) is 11.5 Å². The molecule has 0 aliphatic heterocycles. The maximum Gasteiger partial charge on any atom is 0.275 e. The van der Waals surface area contributed by atoms with E-state index < -0.39 is 5.91 Å². The SMILES string of the molecule is Cc1ccc(-c2nn(CC(=O)N/N=C/c3ccccc3O)c(=O)c3ccccc23)cc1C. The summed E-state index contributed by atoms with van der Waals surface area (Å²) in [5, 5.41) is 19.4. The molecule has 1 aromatic heterocycles. The van der Waals surface area contributed by atoms with Crippen molar-refractivity contribution in [3.05, 3.63) is 93.8 Å². The first-order valence-electron chi connectivity index (χ1n) is 10.1. The third-order valence-corrected chi connectivity index (χ3v) is 5.27. The number of phenolic OH excluding ortho intramolecular Hbond substituents is 1. The molecular formula is C25H22N4O3. The third kappa shape index (κ3) is 4.27. The van der Waals surface area contributed by atoms with Gasteiger partial charge in [0.15, 0.2) is 0 Å². The molecule has 4 rings (SSSR count). The van der Waals surface area contributed by atoms with Crippen LogP contribution in [0.15, 0.2) is 76.6 Å². The number of rotatable bonds is 5. The van der Waals surface area contributed by atoms with Crippen LogP contribution in [0, 0.1) is 13.8 Å². The first-order valence-corrected chi connectivity index (χ1v) is 10.1. The van der Waals surface area contributed by atoms with Gasteiger partial charge in [0.1, 0.15) is 12.3 Å². The summed E-state index contributed by atoms with van der Waals surface area (Å²) in [6.07, 6.45) is 1.34. The summed E-state index contributed by atoms with van der Waals surface area (Å²) in [5.74, 6) is -0.455. The lowest BCUT2D eigenvalue weighted by Gasteiger charge is -2.12. The molecule has 0 spiro atoms. The largest absolute Gasteiger partial charge is 0.507 e. The van der Waals surface area contributed by atoms with Crippen molar-refractivity contribution in [1.29, 1.82) is 0 Å². The number of amides is 1. The van der Waals surface area contributed by atoms with Crippen LogP contribution in [0.25, 0.3) is 22.0 Å². The van der Waals surface area contributed by atoms with Gasteiger partial charge in [-0.1, -0.05) is 42.5 Å². The molecule has 0 saturated carbocycles. The molecule has 7 nitrogen and oxygen atoms in total. The van der Waals surface area contributed by atoms with Crippen LogP contribution in [-0.4, -0.2) is 27.0 Å². The minimum atomic E-state index is -0.507. The van der Waals surface area contributed by atoms with E-state index in [2.05, 4.69) is 15.6 Å². The monoisotopic (exact) mass is 426 g/mol. The lowest BCUT2D eigenvalue weighted by molar-refractivity contribution is -0.121. The van der Waals surface area contributed by atoms with Crippen molar-refractivity contribution >= 4 is 22.9 Å². The Balaban J connectivity index is 1.66. The van der Waals surface area contributed by atoms with E-state index in [9.17, 15) is 14.7 Å². The molecular weight excluding hydrogens is 404 g/mol. The zero-order valence-electron chi connectivity index (χ0n) is 17.7. The van der Waals surface area contributed by atoms with Crippen LogP contribution in [-0.2, 0) is 11.3 Å². The van der Waals surface area contributed by atoms with Crippen molar-refractivity contribution in [2.24, 2.45) is 5.10 Å². The maximum absolute atomic E-state index is 13.0. The summed E-state index contributed by atoms with van der Waals surface area (Å²) < 4.78 is 1.15. The van der Waals surface area contributed by atoms with E-state index in [0.29, 0.717) is 16.6 Å². The van der Waals surface area contributed by atoms with Gasteiger partial charge in [0.2, 0.25) is 0 Å². The highest BCUT2D eigenvalue weighted by atomic mass is 16.3. The number of benzene rings is 3. The van der Waals surface area contributed by atoms with Gasteiger partial charge in [-0.05, 0) is 49.2 Å². The predicted octanol–water partition coefficient (Wildman–Crippen LogP) is 3.54. The zero-order valence-corrected chi connectivity index (χ0v) is 17.7. The second-order valence-electron chi connectivity index (χ2n) is 7.51. The first-order chi connectivity index (χ1) is 15.4. The van der Waals surface area contributed by atoms with E-state index in [1.165, 1.54) is 12.3 Å². The van der Waals surface area contributed by atoms with Gasteiger partial charge >= 0.3 is 0 Å². The van der Waals surface area contributed by atoms with Crippen molar-refractivity contribution in [1.82, 2.24) is 15.2 Å². The van der Waals surface area contributed by atoms with Crippen molar-refractivity contribution in [2.45, 2.75) is 20.4 Å². The second kappa shape index (κ2) is 8.85. The predicted molar refractivity (Wildman–Crippen MR) is 125 cm³/mol. The molecule has 0 unspecified atom stereocenters. The molecule has 32 heavy (non-hydrogen) atoms. The number of fused-ring (bicyclic) bond motifs is 1. The molecule has 7 heteroatoms. The van der Waals surface area contributed by atoms with Crippen LogP contribution in [0.2, 0.25) is 0 Å². The van der Waals surface area contributed by atoms with Gasteiger partial charge in [-0.25, -0.2) is 10.1 Å². The molecule has 0 aliphatic carbocycles. The summed E-state index contributed by atoms with van der Waals surface area (Å²) in [4.78, 5) is 25.4. The fourth-order valence-electron chi connectivity index (χ4n) is 3.39. The topological polar surface area (TPSA) is 96.6 Å². The zero-order chi connectivity index (χ0) is 22.7. The van der Waals surface area contributed by atoms with Gasteiger partial charge in [-0.15, -0.1) is 0 Å². The molecule has 1 heterocycles. The fourth-order valence-corrected chi connectivity index (χ4v) is 3.39. The highest BCUT2D eigenvalue weighted by molar-refractivity contribution is 5.94. The van der Waals surface area contributed by atoms with E-state index in [0.717, 1.165) is 26.8 Å². The number of hydrogen-bond acceptors (Lipinski definition) is 5. The Morgan fingerprint density at radius 2 is 1.75 bits per heavy atom. The standard InChI is InChI=1S/C25H22N4O3/c1-16-11-12-18(13-17(16)2)24-20-8-4-5-9-21(20)25(32)29(28-24)15-23(31)27-26-14-19-7-3-6-10-22(19)30/h3-14,30H,15H2,1-2H3,(H,27,31)/b26-14+. The summed E-state index contributed by atoms with van der Waals surface area (Å²) >= 11 is 0. The lowest BCUT2D eigenvalue weighted by Crippen LogP contribution is -2.32. The molecule has 2 N–H and O–H groups in total. The number of hydrogen-bond donors (Lipinski definition) is 2. The van der Waals surface area contributed by atoms with Gasteiger partial charge in [-0.2, -0.15) is 10.2 Å². The number of phenols is 1. The normalized spacial score (nSPS) is 11.2. The Morgan fingerprint density at radius 3 is 2.50 bits per heavy atom. The number of aryl methyl sites for hydroxylation is 2. The molecule has 0 aliphatic rings. The molecule has 0 atom stereocenters. The molecule has 0 bridgehead atoms. The van der Waals surface area contributed by atoms with Gasteiger partial charge in [0, 0.05) is 16.5 Å². The highest BCUT2D eigenvalue weighted by Gasteiger charge is 2.14. The average Bonchev–Trinajstić information content (AvgIpc) is 2.79. The highest BCUT2D eigenvalue weighted by Crippen LogP contribution is 2.26. The molecule has 160 valence electrons. The smallest absolute Gasteiger partial charge is 0.275 e. The Morgan fingerprint density at radius 1 is 1.03 bits per heavy atom. The third-order valence-electron chi connectivity index (χ3n) is 5.27. The second-order valence-corrected chi connectivity index (χ2v) is 7.51. The van der Waals surface area contributed by atoms with Crippen LogP contribution in [0.3, 0.4) is 0 Å². The van der Waals surface area contributed by atoms with Crippen LogP contribution in [0.1, 0.15) is 16.7 Å². The molecule has 0 saturated heterocycles. The first kappa shape index (κ1) is 21.0. The van der Waals surface area contributed by atoms with Gasteiger partial charge in [0.05, 0.1) is 17.3 Å². The summed E-state index contributed by atoms with van der Waals surface area (Å²) in [6, 6.07) is 19.9. The van der Waals surface area contributed by atoms with E-state index >= 15 is 0 Å². The number of nitrogens with zero attached hydrogens (tertiary/aromatic N) is 3. The molecule has 0 radical (unpaired) electrons. The number of hydrazone groups is 1. The van der Waals surface area contributed by atoms with Crippen LogP contribution in [0.4, 0.5) is 0 Å². The number of aromatic nitrogens is 2. The Labute approximate surface area is 184 Å². The van der Waals surface area contributed by atoms with E-state index in [4.69, 9.17) is 0 Å². The summed E-state index contributed by atoms with van der Waals surface area (Å²) in [6.45, 7) is 3.76. The van der Waals surface area contributed by atoms with Crippen LogP contribution >= 0.6 is 0 Å². The lowest BCUT2D eigenvalue weighted by atomic mass is 10.0. The number of para-hydroxylation sites is 1. The maximum atomic E-state index is 13.0. The van der Waals surface area contributed by atoms with Crippen molar-refractivity contribution in [3.8, 4) is 17.0 Å². The quantitative estimate of drug-likeness (QED) is 0.377. The molecule has 4 aromatic rings. The summed E-state index contributed by atoms with van der Waals surface area (Å²) in [5.41, 5.74) is 6.27. The Hall–Kier alpha value is -4.26. The van der Waals surface area contributed by atoms with Crippen LogP contribution < -0.4 is 11.0 Å². The van der Waals surface area contributed by atoms with Gasteiger partial charge in [-0.3, -0.25) is 9.59 Å². The average molecular weight is 426 g/mol. The molecule has 3 aromatic carbocycles. The minimum Gasteiger partial charge on any atom is -0.507 e.